The number of carbonyl (C=O) groups excluding carboxylic acids is 2. The van der Waals surface area contributed by atoms with Gasteiger partial charge in [-0.3, -0.25) is 19.2 Å². The van der Waals surface area contributed by atoms with Gasteiger partial charge in [-0.05, 0) is 139 Å². The van der Waals surface area contributed by atoms with Crippen LogP contribution in [0.5, 0.6) is 11.5 Å². The predicted octanol–water partition coefficient (Wildman–Crippen LogP) is 9.98. The molecule has 316 valence electrons. The first-order valence-electron chi connectivity index (χ1n) is 21.0. The van der Waals surface area contributed by atoms with E-state index in [1.54, 1.807) is 74.5 Å². The third-order valence-corrected chi connectivity index (χ3v) is 13.2. The van der Waals surface area contributed by atoms with Crippen LogP contribution < -0.4 is 25.5 Å². The molecule has 4 aliphatic rings. The average molecular weight is 847 g/mol. The van der Waals surface area contributed by atoms with Gasteiger partial charge >= 0.3 is 0 Å². The molecule has 2 amide bonds. The van der Waals surface area contributed by atoms with E-state index in [2.05, 4.69) is 52.2 Å². The number of allylic oxidation sites excluding steroid dienone is 6. The third kappa shape index (κ3) is 5.90. The van der Waals surface area contributed by atoms with Crippen molar-refractivity contribution in [1.82, 2.24) is 4.57 Å². The number of benzene rings is 4. The van der Waals surface area contributed by atoms with Gasteiger partial charge in [-0.2, -0.15) is 0 Å². The van der Waals surface area contributed by atoms with Gasteiger partial charge in [-0.1, -0.05) is 52.2 Å². The van der Waals surface area contributed by atoms with Gasteiger partial charge in [0.15, 0.2) is 45.3 Å². The maximum Gasteiger partial charge on any atom is 0.266 e. The number of imide groups is 1. The van der Waals surface area contributed by atoms with E-state index < -0.39 is 28.3 Å². The first-order chi connectivity index (χ1) is 30.5. The van der Waals surface area contributed by atoms with Crippen LogP contribution >= 0.6 is 0 Å². The van der Waals surface area contributed by atoms with Gasteiger partial charge in [0.1, 0.15) is 0 Å². The van der Waals surface area contributed by atoms with Gasteiger partial charge in [0.05, 0.1) is 22.9 Å². The van der Waals surface area contributed by atoms with Crippen LogP contribution in [0, 0.1) is 24.7 Å². The fraction of sp³-hybridized carbons (Fsp3) is 0.222. The second kappa shape index (κ2) is 13.8. The second-order valence-electron chi connectivity index (χ2n) is 18.3. The van der Waals surface area contributed by atoms with Crippen LogP contribution in [0.25, 0.3) is 38.8 Å². The first kappa shape index (κ1) is 40.3. The van der Waals surface area contributed by atoms with Crippen LogP contribution in [-0.4, -0.2) is 16.4 Å². The minimum atomic E-state index is -0.525. The summed E-state index contributed by atoms with van der Waals surface area (Å²) in [5.74, 6) is 5.75. The molecule has 0 radical (unpaired) electrons. The summed E-state index contributed by atoms with van der Waals surface area (Å²) in [6.07, 6.45) is 19.0. The largest absolute Gasteiger partial charge is 0.453 e. The molecule has 0 saturated heterocycles. The summed E-state index contributed by atoms with van der Waals surface area (Å²) in [6, 6.07) is 18.0. The van der Waals surface area contributed by atoms with E-state index in [1.807, 2.05) is 18.2 Å². The zero-order valence-electron chi connectivity index (χ0n) is 36.2. The average Bonchev–Trinajstić information content (AvgIpc) is 3.73. The van der Waals surface area contributed by atoms with E-state index in [1.165, 1.54) is 0 Å². The zero-order chi connectivity index (χ0) is 45.2. The Balaban J connectivity index is 1.06. The number of rotatable bonds is 4. The van der Waals surface area contributed by atoms with Crippen molar-refractivity contribution in [2.24, 2.45) is 0 Å². The maximum absolute atomic E-state index is 13.9. The SMILES string of the molecule is C#CC(/C=C\C(=C)n1c(=O)c2cc3oc4cc5c(cc4oc3cc2c1=O)C1(CC(C)(C)c2cc3c(cc21)OC1=C(/C=C(\C)C(=O)N(c2ccc(C#C)cc2)C(=O)C1)O3)CC5(C)C)=C/C. The Morgan fingerprint density at radius 1 is 0.750 bits per heavy atom. The Morgan fingerprint density at radius 3 is 1.89 bits per heavy atom. The minimum Gasteiger partial charge on any atom is -0.453 e. The number of terminal acetylenes is 2. The summed E-state index contributed by atoms with van der Waals surface area (Å²) >= 11 is 0. The van der Waals surface area contributed by atoms with Crippen molar-refractivity contribution in [1.29, 1.82) is 0 Å². The summed E-state index contributed by atoms with van der Waals surface area (Å²) in [6.45, 7) is 16.3. The van der Waals surface area contributed by atoms with E-state index in [9.17, 15) is 19.2 Å². The Labute approximate surface area is 368 Å². The first-order valence-corrected chi connectivity index (χ1v) is 21.0. The van der Waals surface area contributed by atoms with Crippen LogP contribution in [0.1, 0.15) is 88.6 Å². The number of ether oxygens (including phenoxy) is 2. The highest BCUT2D eigenvalue weighted by Gasteiger charge is 2.57. The summed E-state index contributed by atoms with van der Waals surface area (Å²) in [5.41, 5.74) is 5.96. The molecule has 10 nitrogen and oxygen atoms in total. The maximum atomic E-state index is 13.9. The van der Waals surface area contributed by atoms with Gasteiger partial charge in [0.25, 0.3) is 17.0 Å². The molecule has 10 rings (SSSR count). The van der Waals surface area contributed by atoms with Crippen molar-refractivity contribution in [2.75, 3.05) is 4.90 Å². The summed E-state index contributed by atoms with van der Waals surface area (Å²) in [5, 5.41) is 0.367. The van der Waals surface area contributed by atoms with E-state index in [0.29, 0.717) is 67.7 Å². The molecule has 0 bridgehead atoms. The fourth-order valence-electron chi connectivity index (χ4n) is 10.4. The van der Waals surface area contributed by atoms with Crippen molar-refractivity contribution < 1.29 is 27.9 Å². The lowest BCUT2D eigenvalue weighted by molar-refractivity contribution is -0.124. The molecule has 64 heavy (non-hydrogen) atoms. The second-order valence-corrected chi connectivity index (χ2v) is 18.3. The number of nitrogens with zero attached hydrogens (tertiary/aromatic N) is 2. The van der Waals surface area contributed by atoms with Crippen LogP contribution in [0.3, 0.4) is 0 Å². The van der Waals surface area contributed by atoms with Gasteiger partial charge in [0, 0.05) is 27.8 Å². The predicted molar refractivity (Wildman–Crippen MR) is 247 cm³/mol. The number of hydrogen-bond acceptors (Lipinski definition) is 8. The van der Waals surface area contributed by atoms with Crippen molar-refractivity contribution in [3.05, 3.63) is 163 Å². The highest BCUT2D eigenvalue weighted by atomic mass is 16.6. The zero-order valence-corrected chi connectivity index (χ0v) is 36.2. The molecule has 2 aliphatic carbocycles. The minimum absolute atomic E-state index is 0.179. The van der Waals surface area contributed by atoms with E-state index in [0.717, 1.165) is 44.6 Å². The van der Waals surface area contributed by atoms with Crippen LogP contribution in [0.15, 0.2) is 133 Å². The van der Waals surface area contributed by atoms with E-state index in [-0.39, 0.29) is 33.7 Å². The number of carbonyl (C=O) groups is 2. The molecule has 1 atom stereocenters. The van der Waals surface area contributed by atoms with E-state index in [4.69, 9.17) is 31.2 Å². The van der Waals surface area contributed by atoms with Crippen molar-refractivity contribution >= 4 is 56.3 Å². The highest BCUT2D eigenvalue weighted by molar-refractivity contribution is 6.21. The molecule has 4 aromatic carbocycles. The summed E-state index contributed by atoms with van der Waals surface area (Å²) < 4.78 is 27.3. The number of amides is 2. The van der Waals surface area contributed by atoms with Crippen LogP contribution in [0.4, 0.5) is 5.69 Å². The van der Waals surface area contributed by atoms with Crippen molar-refractivity contribution in [3.8, 4) is 36.2 Å². The number of hydrogen-bond donors (Lipinski definition) is 0. The molecule has 0 N–H and O–H groups in total. The lowest BCUT2D eigenvalue weighted by atomic mass is 9.72. The number of fused-ring (bicyclic) bond motifs is 8. The highest BCUT2D eigenvalue weighted by Crippen LogP contribution is 2.64. The fourth-order valence-corrected chi connectivity index (χ4v) is 10.4. The molecular formula is C54H42N2O8. The Morgan fingerprint density at radius 2 is 1.30 bits per heavy atom. The van der Waals surface area contributed by atoms with Crippen molar-refractivity contribution in [2.45, 2.75) is 77.0 Å². The standard InChI is InChI=1S/C54H42N2O8/c1-10-31(11-2)14-13-30(5)55-50(59)34-20-41-42(21-35(34)51(55)60)63-45-24-38-37(23-44(45)62-41)53(8,9)28-54(38)27-52(6,7)36-22-43-46(25-39(36)54)64-47-26-48(57)56(33-17-15-32(12-3)16-18-33)49(58)29(4)19-40(47)61-43/h1,3,11,13-25H,5,26-28H2,2,4,6-9H3/b14-13-,29-19+,31-11-. The Hall–Kier alpha value is -7.82. The van der Waals surface area contributed by atoms with Crippen LogP contribution in [-0.2, 0) is 25.8 Å². The van der Waals surface area contributed by atoms with Crippen molar-refractivity contribution in [3.63, 3.8) is 0 Å². The topological polar surface area (TPSA) is 121 Å². The molecule has 2 aliphatic heterocycles. The number of aromatic nitrogens is 1. The normalized spacial score (nSPS) is 20.5. The molecule has 6 aromatic rings. The summed E-state index contributed by atoms with van der Waals surface area (Å²) in [4.78, 5) is 56.0. The third-order valence-electron chi connectivity index (χ3n) is 13.2. The van der Waals surface area contributed by atoms with Gasteiger partial charge in [-0.25, -0.2) is 9.47 Å². The smallest absolute Gasteiger partial charge is 0.266 e. The van der Waals surface area contributed by atoms with Crippen LogP contribution in [0.2, 0.25) is 0 Å². The van der Waals surface area contributed by atoms with E-state index >= 15 is 0 Å². The molecule has 10 heteroatoms. The molecule has 4 heterocycles. The number of anilines is 1. The lowest BCUT2D eigenvalue weighted by Gasteiger charge is -2.31. The monoisotopic (exact) mass is 846 g/mol. The lowest BCUT2D eigenvalue weighted by Crippen LogP contribution is -2.39. The Kier molecular flexibility index (Phi) is 8.71. The molecular weight excluding hydrogens is 805 g/mol. The van der Waals surface area contributed by atoms with Gasteiger partial charge < -0.3 is 18.3 Å². The summed E-state index contributed by atoms with van der Waals surface area (Å²) in [7, 11) is 0. The molecule has 1 unspecified atom stereocenters. The van der Waals surface area contributed by atoms with Gasteiger partial charge in [-0.15, -0.1) is 12.8 Å². The molecule has 0 saturated carbocycles. The quantitative estimate of drug-likeness (QED) is 0.0744. The molecule has 2 aromatic heterocycles. The van der Waals surface area contributed by atoms with Gasteiger partial charge in [0.2, 0.25) is 5.91 Å². The molecule has 1 spiro atoms. The molecule has 0 fully saturated rings. The Bertz CT molecular complexity index is 3510.